The van der Waals surface area contributed by atoms with E-state index in [-0.39, 0.29) is 22.6 Å². The van der Waals surface area contributed by atoms with Gasteiger partial charge < -0.3 is 27.0 Å². The van der Waals surface area contributed by atoms with Crippen molar-refractivity contribution in [3.8, 4) is 0 Å². The Bertz CT molecular complexity index is 135. The van der Waals surface area contributed by atoms with Crippen molar-refractivity contribution >= 4 is 0 Å². The summed E-state index contributed by atoms with van der Waals surface area (Å²) in [6, 6.07) is 0. The molecular formula is C11H24BrNO. The molecule has 0 saturated carbocycles. The van der Waals surface area contributed by atoms with Crippen LogP contribution in [0.25, 0.3) is 0 Å². The molecule has 0 bridgehead atoms. The molecule has 0 radical (unpaired) electrons. The fourth-order valence-electron chi connectivity index (χ4n) is 1.95. The molecule has 0 aliphatic carbocycles. The van der Waals surface area contributed by atoms with Crippen LogP contribution < -0.4 is 22.3 Å². The van der Waals surface area contributed by atoms with Crippen molar-refractivity contribution < 1.29 is 27.0 Å². The molecule has 0 spiro atoms. The first kappa shape index (κ1) is 14.4. The van der Waals surface area contributed by atoms with Crippen LogP contribution in [0, 0.1) is 0 Å². The molecule has 1 heterocycles. The van der Waals surface area contributed by atoms with Gasteiger partial charge in [0.2, 0.25) is 0 Å². The van der Waals surface area contributed by atoms with Crippen molar-refractivity contribution in [2.75, 3.05) is 19.7 Å². The van der Waals surface area contributed by atoms with E-state index in [1.807, 2.05) is 0 Å². The molecule has 0 aromatic carbocycles. The third-order valence-corrected chi connectivity index (χ3v) is 2.91. The van der Waals surface area contributed by atoms with Crippen molar-refractivity contribution in [1.82, 2.24) is 0 Å². The molecule has 0 amide bonds. The summed E-state index contributed by atoms with van der Waals surface area (Å²) in [5.74, 6) is 0. The maximum absolute atomic E-state index is 5.81. The summed E-state index contributed by atoms with van der Waals surface area (Å²) in [5.41, 5.74) is 0.173. The highest BCUT2D eigenvalue weighted by Crippen LogP contribution is 2.18. The SMILES string of the molecule is CCCCCCC1(C)C[NH2+]CCO1.[Br-]. The Morgan fingerprint density at radius 1 is 1.29 bits per heavy atom. The third kappa shape index (κ3) is 5.32. The fraction of sp³-hybridized carbons (Fsp3) is 1.00. The summed E-state index contributed by atoms with van der Waals surface area (Å²) in [6.07, 6.45) is 6.64. The zero-order chi connectivity index (χ0) is 9.57. The lowest BCUT2D eigenvalue weighted by atomic mass is 9.96. The topological polar surface area (TPSA) is 25.8 Å². The van der Waals surface area contributed by atoms with Crippen LogP contribution in [0.3, 0.4) is 0 Å². The summed E-state index contributed by atoms with van der Waals surface area (Å²) < 4.78 is 5.81. The summed E-state index contributed by atoms with van der Waals surface area (Å²) in [5, 5.41) is 2.38. The summed E-state index contributed by atoms with van der Waals surface area (Å²) >= 11 is 0. The summed E-state index contributed by atoms with van der Waals surface area (Å²) in [6.45, 7) is 7.75. The van der Waals surface area contributed by atoms with Gasteiger partial charge in [0.1, 0.15) is 12.1 Å². The van der Waals surface area contributed by atoms with E-state index in [0.29, 0.717) is 0 Å². The number of nitrogens with two attached hydrogens (primary N) is 1. The minimum atomic E-state index is 0. The second-order valence-corrected chi connectivity index (χ2v) is 4.39. The van der Waals surface area contributed by atoms with E-state index in [2.05, 4.69) is 19.2 Å². The van der Waals surface area contributed by atoms with Crippen molar-refractivity contribution in [1.29, 1.82) is 0 Å². The Balaban J connectivity index is 0.00000169. The molecule has 0 aromatic heterocycles. The normalized spacial score (nSPS) is 27.0. The summed E-state index contributed by atoms with van der Waals surface area (Å²) in [7, 11) is 0. The van der Waals surface area contributed by atoms with E-state index in [0.717, 1.165) is 19.7 Å². The first-order valence-electron chi connectivity index (χ1n) is 5.72. The van der Waals surface area contributed by atoms with Crippen LogP contribution >= 0.6 is 0 Å². The van der Waals surface area contributed by atoms with Crippen LogP contribution in [0.15, 0.2) is 0 Å². The van der Waals surface area contributed by atoms with Gasteiger partial charge in [0, 0.05) is 0 Å². The predicted molar refractivity (Wildman–Crippen MR) is 54.8 cm³/mol. The number of morpholine rings is 1. The molecule has 1 atom stereocenters. The van der Waals surface area contributed by atoms with E-state index in [1.54, 1.807) is 0 Å². The number of ether oxygens (including phenoxy) is 1. The van der Waals surface area contributed by atoms with Gasteiger partial charge in [-0.15, -0.1) is 0 Å². The van der Waals surface area contributed by atoms with Crippen molar-refractivity contribution in [2.24, 2.45) is 0 Å². The molecule has 1 rings (SSSR count). The Hall–Kier alpha value is 0.400. The lowest BCUT2D eigenvalue weighted by Crippen LogP contribution is -3.00. The quantitative estimate of drug-likeness (QED) is 0.591. The molecule has 1 fully saturated rings. The molecule has 14 heavy (non-hydrogen) atoms. The minimum Gasteiger partial charge on any atom is -1.00 e. The van der Waals surface area contributed by atoms with Gasteiger partial charge in [0.05, 0.1) is 13.2 Å². The van der Waals surface area contributed by atoms with Crippen LogP contribution in [0.4, 0.5) is 0 Å². The molecule has 86 valence electrons. The maximum atomic E-state index is 5.81. The number of hydrogen-bond acceptors (Lipinski definition) is 1. The van der Waals surface area contributed by atoms with Gasteiger partial charge in [-0.25, -0.2) is 0 Å². The average molecular weight is 266 g/mol. The van der Waals surface area contributed by atoms with Crippen LogP contribution in [0.5, 0.6) is 0 Å². The summed E-state index contributed by atoms with van der Waals surface area (Å²) in [4.78, 5) is 0. The van der Waals surface area contributed by atoms with E-state index in [4.69, 9.17) is 4.74 Å². The smallest absolute Gasteiger partial charge is 0.114 e. The molecule has 3 heteroatoms. The Morgan fingerprint density at radius 2 is 2.07 bits per heavy atom. The largest absolute Gasteiger partial charge is 1.00 e. The van der Waals surface area contributed by atoms with E-state index < -0.39 is 0 Å². The molecule has 1 saturated heterocycles. The Morgan fingerprint density at radius 3 is 2.64 bits per heavy atom. The first-order chi connectivity index (χ1) is 6.27. The highest BCUT2D eigenvalue weighted by molar-refractivity contribution is 4.75. The zero-order valence-corrected chi connectivity index (χ0v) is 11.1. The fourth-order valence-corrected chi connectivity index (χ4v) is 1.95. The standard InChI is InChI=1S/C11H23NO.BrH/c1-3-4-5-6-7-11(2)10-12-8-9-13-11;/h12H,3-10H2,1-2H3;1H. The molecular weight excluding hydrogens is 242 g/mol. The van der Waals surface area contributed by atoms with Gasteiger partial charge in [-0.1, -0.05) is 32.6 Å². The third-order valence-electron chi connectivity index (χ3n) is 2.91. The molecule has 1 unspecified atom stereocenters. The highest BCUT2D eigenvalue weighted by atomic mass is 79.9. The van der Waals surface area contributed by atoms with Gasteiger partial charge in [0.25, 0.3) is 0 Å². The first-order valence-corrected chi connectivity index (χ1v) is 5.72. The zero-order valence-electron chi connectivity index (χ0n) is 9.52. The van der Waals surface area contributed by atoms with Crippen LogP contribution in [0.2, 0.25) is 0 Å². The number of halogens is 1. The number of unbranched alkanes of at least 4 members (excludes halogenated alkanes) is 3. The van der Waals surface area contributed by atoms with Crippen LogP contribution in [-0.4, -0.2) is 25.3 Å². The van der Waals surface area contributed by atoms with Crippen molar-refractivity contribution in [3.05, 3.63) is 0 Å². The second kappa shape index (κ2) is 7.66. The van der Waals surface area contributed by atoms with Gasteiger partial charge in [-0.3, -0.25) is 0 Å². The Kier molecular flexibility index (Phi) is 7.88. The predicted octanol–water partition coefficient (Wildman–Crippen LogP) is -1.69. The number of quaternary nitrogens is 1. The second-order valence-electron chi connectivity index (χ2n) is 4.39. The van der Waals surface area contributed by atoms with Crippen LogP contribution in [0.1, 0.15) is 46.0 Å². The average Bonchev–Trinajstić information content (AvgIpc) is 2.14. The van der Waals surface area contributed by atoms with E-state index >= 15 is 0 Å². The monoisotopic (exact) mass is 265 g/mol. The van der Waals surface area contributed by atoms with Crippen molar-refractivity contribution in [2.45, 2.75) is 51.6 Å². The molecule has 2 nitrogen and oxygen atoms in total. The maximum Gasteiger partial charge on any atom is 0.114 e. The lowest BCUT2D eigenvalue weighted by Gasteiger charge is -2.31. The molecule has 0 aromatic rings. The molecule has 1 aliphatic rings. The highest BCUT2D eigenvalue weighted by Gasteiger charge is 2.29. The van der Waals surface area contributed by atoms with Gasteiger partial charge in [-0.2, -0.15) is 0 Å². The molecule has 2 N–H and O–H groups in total. The van der Waals surface area contributed by atoms with Gasteiger partial charge in [0.15, 0.2) is 0 Å². The van der Waals surface area contributed by atoms with Crippen LogP contribution in [-0.2, 0) is 4.74 Å². The number of rotatable bonds is 5. The van der Waals surface area contributed by atoms with Gasteiger partial charge in [-0.05, 0) is 13.3 Å². The lowest BCUT2D eigenvalue weighted by molar-refractivity contribution is -0.685. The molecule has 1 aliphatic heterocycles. The van der Waals surface area contributed by atoms with E-state index in [1.165, 1.54) is 32.1 Å². The number of hydrogen-bond donors (Lipinski definition) is 1. The Labute approximate surface area is 98.6 Å². The minimum absolute atomic E-state index is 0. The van der Waals surface area contributed by atoms with E-state index in [9.17, 15) is 0 Å². The van der Waals surface area contributed by atoms with Gasteiger partial charge >= 0.3 is 0 Å². The van der Waals surface area contributed by atoms with Crippen molar-refractivity contribution in [3.63, 3.8) is 0 Å².